The third kappa shape index (κ3) is 3.48. The van der Waals surface area contributed by atoms with Gasteiger partial charge in [-0.25, -0.2) is 0 Å². The Morgan fingerprint density at radius 1 is 1.12 bits per heavy atom. The lowest BCUT2D eigenvalue weighted by Gasteiger charge is -2.37. The topological polar surface area (TPSA) is 107 Å². The number of rotatable bonds is 7. The molecule has 1 fully saturated rings. The van der Waals surface area contributed by atoms with Crippen molar-refractivity contribution in [3.8, 4) is 0 Å². The van der Waals surface area contributed by atoms with Crippen LogP contribution in [0.15, 0.2) is 42.5 Å². The Bertz CT molecular complexity index is 645. The summed E-state index contributed by atoms with van der Waals surface area (Å²) in [5, 5.41) is 23.2. The van der Waals surface area contributed by atoms with Crippen molar-refractivity contribution in [2.75, 3.05) is 0 Å². The summed E-state index contributed by atoms with van der Waals surface area (Å²) in [7, 11) is 0. The summed E-state index contributed by atoms with van der Waals surface area (Å²) in [4.78, 5) is 35.4. The summed E-state index contributed by atoms with van der Waals surface area (Å²) in [5.41, 5.74) is -2.88. The van der Waals surface area contributed by atoms with Gasteiger partial charge in [0.05, 0.1) is 23.8 Å². The van der Waals surface area contributed by atoms with Gasteiger partial charge in [0.2, 0.25) is 0 Å². The SMILES string of the molecule is C=C(C(=O)[O-])C(CC(=O)OC1CCCC1)(C(=O)[O-])c1ccccc1. The van der Waals surface area contributed by atoms with E-state index in [-0.39, 0.29) is 11.7 Å². The van der Waals surface area contributed by atoms with Crippen molar-refractivity contribution in [2.24, 2.45) is 0 Å². The maximum atomic E-state index is 12.3. The molecule has 1 atom stereocenters. The number of carboxylic acids is 2. The Morgan fingerprint density at radius 2 is 1.71 bits per heavy atom. The van der Waals surface area contributed by atoms with Crippen LogP contribution in [-0.4, -0.2) is 24.0 Å². The second-order valence-electron chi connectivity index (χ2n) is 5.90. The van der Waals surface area contributed by atoms with Gasteiger partial charge in [-0.15, -0.1) is 0 Å². The fraction of sp³-hybridized carbons (Fsp3) is 0.389. The molecular formula is C18H18O6-2. The van der Waals surface area contributed by atoms with E-state index >= 15 is 0 Å². The smallest absolute Gasteiger partial charge is 0.307 e. The average molecular weight is 330 g/mol. The van der Waals surface area contributed by atoms with Crippen molar-refractivity contribution in [2.45, 2.75) is 43.6 Å². The van der Waals surface area contributed by atoms with E-state index in [2.05, 4.69) is 6.58 Å². The predicted molar refractivity (Wildman–Crippen MR) is 80.2 cm³/mol. The number of hydrogen-bond acceptors (Lipinski definition) is 6. The summed E-state index contributed by atoms with van der Waals surface area (Å²) < 4.78 is 5.28. The van der Waals surface area contributed by atoms with E-state index in [9.17, 15) is 24.6 Å². The first-order chi connectivity index (χ1) is 11.4. The van der Waals surface area contributed by atoms with Gasteiger partial charge in [-0.3, -0.25) is 4.79 Å². The molecule has 0 spiro atoms. The zero-order valence-corrected chi connectivity index (χ0v) is 13.2. The fourth-order valence-electron chi connectivity index (χ4n) is 3.04. The highest BCUT2D eigenvalue weighted by molar-refractivity contribution is 6.01. The molecule has 0 heterocycles. The van der Waals surface area contributed by atoms with Crippen molar-refractivity contribution >= 4 is 17.9 Å². The summed E-state index contributed by atoms with van der Waals surface area (Å²) in [6.45, 7) is 3.32. The van der Waals surface area contributed by atoms with Crippen molar-refractivity contribution in [3.63, 3.8) is 0 Å². The van der Waals surface area contributed by atoms with Gasteiger partial charge < -0.3 is 24.5 Å². The second-order valence-corrected chi connectivity index (χ2v) is 5.90. The number of carbonyl (C=O) groups is 3. The molecule has 0 N–H and O–H groups in total. The van der Waals surface area contributed by atoms with Crippen LogP contribution in [0.25, 0.3) is 0 Å². The number of esters is 1. The fourth-order valence-corrected chi connectivity index (χ4v) is 3.04. The zero-order valence-electron chi connectivity index (χ0n) is 13.2. The Labute approximate surface area is 139 Å². The van der Waals surface area contributed by atoms with Gasteiger partial charge in [0.1, 0.15) is 6.10 Å². The number of aliphatic carboxylic acids is 2. The lowest BCUT2D eigenvalue weighted by molar-refractivity contribution is -0.317. The minimum atomic E-state index is -2.23. The molecule has 1 aliphatic rings. The average Bonchev–Trinajstić information content (AvgIpc) is 3.05. The van der Waals surface area contributed by atoms with Crippen LogP contribution in [0.2, 0.25) is 0 Å². The van der Waals surface area contributed by atoms with Gasteiger partial charge in [-0.1, -0.05) is 36.9 Å². The number of carboxylic acid groups (broad SMARTS) is 2. The van der Waals surface area contributed by atoms with E-state index in [1.54, 1.807) is 6.07 Å². The lowest BCUT2D eigenvalue weighted by Crippen LogP contribution is -2.52. The van der Waals surface area contributed by atoms with E-state index in [4.69, 9.17) is 4.74 Å². The van der Waals surface area contributed by atoms with Crippen LogP contribution in [0.1, 0.15) is 37.7 Å². The van der Waals surface area contributed by atoms with Gasteiger partial charge in [-0.2, -0.15) is 0 Å². The zero-order chi connectivity index (χ0) is 17.7. The van der Waals surface area contributed by atoms with Crippen molar-refractivity contribution in [1.82, 2.24) is 0 Å². The molecular weight excluding hydrogens is 312 g/mol. The first-order valence-electron chi connectivity index (χ1n) is 7.75. The maximum Gasteiger partial charge on any atom is 0.307 e. The summed E-state index contributed by atoms with van der Waals surface area (Å²) in [6, 6.07) is 7.54. The maximum absolute atomic E-state index is 12.3. The third-order valence-electron chi connectivity index (χ3n) is 4.39. The summed E-state index contributed by atoms with van der Waals surface area (Å²) in [6.07, 6.45) is 2.35. The van der Waals surface area contributed by atoms with Crippen molar-refractivity contribution in [3.05, 3.63) is 48.0 Å². The first-order valence-corrected chi connectivity index (χ1v) is 7.75. The van der Waals surface area contributed by atoms with Gasteiger partial charge in [0.25, 0.3) is 0 Å². The molecule has 0 radical (unpaired) electrons. The molecule has 2 rings (SSSR count). The van der Waals surface area contributed by atoms with Gasteiger partial charge >= 0.3 is 5.97 Å². The van der Waals surface area contributed by atoms with Gasteiger partial charge in [0, 0.05) is 0 Å². The molecule has 6 heteroatoms. The minimum Gasteiger partial charge on any atom is -0.549 e. The Balaban J connectivity index is 2.37. The van der Waals surface area contributed by atoms with Crippen LogP contribution in [0.3, 0.4) is 0 Å². The highest BCUT2D eigenvalue weighted by atomic mass is 16.5. The van der Waals surface area contributed by atoms with E-state index in [1.165, 1.54) is 24.3 Å². The van der Waals surface area contributed by atoms with Gasteiger partial charge in [-0.05, 0) is 36.8 Å². The van der Waals surface area contributed by atoms with E-state index in [0.717, 1.165) is 25.7 Å². The monoisotopic (exact) mass is 330 g/mol. The molecule has 1 unspecified atom stereocenters. The van der Waals surface area contributed by atoms with Crippen molar-refractivity contribution < 1.29 is 29.3 Å². The molecule has 0 saturated heterocycles. The minimum absolute atomic E-state index is 0.0857. The van der Waals surface area contributed by atoms with E-state index < -0.39 is 35.3 Å². The standard InChI is InChI=1S/C18H20O6/c1-12(16(20)21)18(17(22)23,13-7-3-2-4-8-13)11-15(19)24-14-9-5-6-10-14/h2-4,7-8,14H,1,5-6,9-11H2,(H,20,21)(H,22,23)/p-2. The lowest BCUT2D eigenvalue weighted by atomic mass is 9.72. The quantitative estimate of drug-likeness (QED) is 0.509. The molecule has 1 saturated carbocycles. The number of benzene rings is 1. The molecule has 1 aliphatic carbocycles. The van der Waals surface area contributed by atoms with Crippen LogP contribution >= 0.6 is 0 Å². The Morgan fingerprint density at radius 3 is 2.21 bits per heavy atom. The largest absolute Gasteiger partial charge is 0.549 e. The number of hydrogen-bond donors (Lipinski definition) is 0. The molecule has 0 bridgehead atoms. The molecule has 6 nitrogen and oxygen atoms in total. The summed E-state index contributed by atoms with van der Waals surface area (Å²) >= 11 is 0. The normalized spacial score (nSPS) is 17.0. The van der Waals surface area contributed by atoms with Crippen LogP contribution in [-0.2, 0) is 24.5 Å². The van der Waals surface area contributed by atoms with Gasteiger partial charge in [0.15, 0.2) is 0 Å². The first kappa shape index (κ1) is 17.7. The van der Waals surface area contributed by atoms with Crippen LogP contribution in [0.5, 0.6) is 0 Å². The molecule has 1 aromatic rings. The molecule has 24 heavy (non-hydrogen) atoms. The molecule has 0 aliphatic heterocycles. The predicted octanol–water partition coefficient (Wildman–Crippen LogP) is -0.144. The third-order valence-corrected chi connectivity index (χ3v) is 4.39. The van der Waals surface area contributed by atoms with Crippen LogP contribution in [0, 0.1) is 0 Å². The Hall–Kier alpha value is -2.63. The molecule has 1 aromatic carbocycles. The highest BCUT2D eigenvalue weighted by Crippen LogP contribution is 2.35. The molecule has 128 valence electrons. The number of carbonyl (C=O) groups excluding carboxylic acids is 3. The highest BCUT2D eigenvalue weighted by Gasteiger charge is 2.41. The number of ether oxygens (including phenoxy) is 1. The van der Waals surface area contributed by atoms with Crippen LogP contribution in [0.4, 0.5) is 0 Å². The van der Waals surface area contributed by atoms with Crippen molar-refractivity contribution in [1.29, 1.82) is 0 Å². The van der Waals surface area contributed by atoms with E-state index in [0.29, 0.717) is 0 Å². The Kier molecular flexibility index (Phi) is 5.39. The second kappa shape index (κ2) is 7.29. The summed E-state index contributed by atoms with van der Waals surface area (Å²) in [5.74, 6) is -4.28. The van der Waals surface area contributed by atoms with E-state index in [1.807, 2.05) is 0 Å². The molecule has 0 amide bonds. The van der Waals surface area contributed by atoms with Crippen LogP contribution < -0.4 is 10.2 Å². The molecule has 0 aromatic heterocycles.